The first-order chi connectivity index (χ1) is 7.66. The average molecular weight is 241 g/mol. The number of benzene rings is 1. The summed E-state index contributed by atoms with van der Waals surface area (Å²) in [4.78, 5) is 0. The van der Waals surface area contributed by atoms with Crippen molar-refractivity contribution in [1.82, 2.24) is 15.0 Å². The van der Waals surface area contributed by atoms with Gasteiger partial charge in [0.2, 0.25) is 0 Å². The van der Waals surface area contributed by atoms with Crippen LogP contribution in [0.2, 0.25) is 5.02 Å². The lowest BCUT2D eigenvalue weighted by Crippen LogP contribution is -2.05. The van der Waals surface area contributed by atoms with E-state index in [1.807, 2.05) is 0 Å². The fourth-order valence-corrected chi connectivity index (χ4v) is 1.39. The number of nitrogens with zero attached hydrogens (tertiary/aromatic N) is 3. The summed E-state index contributed by atoms with van der Waals surface area (Å²) >= 11 is 5.58. The lowest BCUT2D eigenvalue weighted by molar-refractivity contribution is 0.628. The van der Waals surface area contributed by atoms with E-state index in [0.29, 0.717) is 12.2 Å². The minimum absolute atomic E-state index is 0.118. The van der Waals surface area contributed by atoms with Crippen molar-refractivity contribution >= 4 is 17.3 Å². The van der Waals surface area contributed by atoms with Crippen LogP contribution in [0.15, 0.2) is 24.4 Å². The zero-order chi connectivity index (χ0) is 11.5. The second-order valence-electron chi connectivity index (χ2n) is 3.33. The Labute approximate surface area is 97.0 Å². The third-order valence-electron chi connectivity index (χ3n) is 2.20. The van der Waals surface area contributed by atoms with Crippen LogP contribution in [-0.2, 0) is 13.6 Å². The Hall–Kier alpha value is -1.62. The van der Waals surface area contributed by atoms with E-state index in [2.05, 4.69) is 15.6 Å². The topological polar surface area (TPSA) is 42.7 Å². The van der Waals surface area contributed by atoms with Crippen molar-refractivity contribution < 1.29 is 4.39 Å². The molecule has 0 unspecified atom stereocenters. The summed E-state index contributed by atoms with van der Waals surface area (Å²) in [6.07, 6.45) is 1.65. The summed E-state index contributed by atoms with van der Waals surface area (Å²) in [5.41, 5.74) is 1.58. The van der Waals surface area contributed by atoms with Gasteiger partial charge in [-0.2, -0.15) is 0 Å². The highest BCUT2D eigenvalue weighted by molar-refractivity contribution is 6.30. The molecule has 84 valence electrons. The number of hydrogen-bond acceptors (Lipinski definition) is 3. The molecule has 0 aliphatic heterocycles. The second-order valence-corrected chi connectivity index (χ2v) is 3.74. The molecule has 2 aromatic rings. The average Bonchev–Trinajstić information content (AvgIpc) is 2.66. The molecule has 1 N–H and O–H groups in total. The number of hydrogen-bond donors (Lipinski definition) is 1. The van der Waals surface area contributed by atoms with Crippen molar-refractivity contribution in [2.24, 2.45) is 7.05 Å². The van der Waals surface area contributed by atoms with Crippen molar-refractivity contribution in [3.8, 4) is 0 Å². The molecule has 0 atom stereocenters. The maximum absolute atomic E-state index is 13.1. The number of halogens is 2. The molecule has 0 spiro atoms. The van der Waals surface area contributed by atoms with E-state index >= 15 is 0 Å². The molecule has 0 saturated carbocycles. The Morgan fingerprint density at radius 2 is 2.31 bits per heavy atom. The Bertz CT molecular complexity index is 497. The fraction of sp³-hybridized carbons (Fsp3) is 0.200. The lowest BCUT2D eigenvalue weighted by Gasteiger charge is -2.06. The van der Waals surface area contributed by atoms with Gasteiger partial charge in [-0.3, -0.25) is 4.68 Å². The van der Waals surface area contributed by atoms with Crippen LogP contribution in [-0.4, -0.2) is 15.0 Å². The van der Waals surface area contributed by atoms with Gasteiger partial charge in [-0.15, -0.1) is 5.10 Å². The van der Waals surface area contributed by atoms with E-state index in [9.17, 15) is 4.39 Å². The van der Waals surface area contributed by atoms with Crippen molar-refractivity contribution in [1.29, 1.82) is 0 Å². The number of rotatable bonds is 3. The van der Waals surface area contributed by atoms with Crippen LogP contribution in [0.25, 0.3) is 0 Å². The number of aryl methyl sites for hydroxylation is 1. The van der Waals surface area contributed by atoms with Gasteiger partial charge in [-0.1, -0.05) is 16.8 Å². The first-order valence-corrected chi connectivity index (χ1v) is 5.07. The van der Waals surface area contributed by atoms with Crippen LogP contribution in [0.5, 0.6) is 0 Å². The zero-order valence-corrected chi connectivity index (χ0v) is 9.37. The van der Waals surface area contributed by atoms with Crippen LogP contribution in [0.1, 0.15) is 5.69 Å². The first-order valence-electron chi connectivity index (χ1n) is 4.69. The van der Waals surface area contributed by atoms with Gasteiger partial charge in [0, 0.05) is 12.7 Å². The molecule has 2 rings (SSSR count). The van der Waals surface area contributed by atoms with Gasteiger partial charge in [0.15, 0.2) is 0 Å². The molecule has 1 aromatic carbocycles. The van der Waals surface area contributed by atoms with Crippen molar-refractivity contribution in [3.05, 3.63) is 40.9 Å². The molecular weight excluding hydrogens is 231 g/mol. The largest absolute Gasteiger partial charge is 0.379 e. The minimum Gasteiger partial charge on any atom is -0.379 e. The van der Waals surface area contributed by atoms with E-state index in [1.165, 1.54) is 12.1 Å². The Morgan fingerprint density at radius 3 is 2.94 bits per heavy atom. The van der Waals surface area contributed by atoms with Crippen molar-refractivity contribution in [3.63, 3.8) is 0 Å². The molecule has 6 heteroatoms. The Kier molecular flexibility index (Phi) is 3.05. The molecule has 0 amide bonds. The summed E-state index contributed by atoms with van der Waals surface area (Å²) in [7, 11) is 1.80. The second kappa shape index (κ2) is 4.49. The maximum atomic E-state index is 13.1. The fourth-order valence-electron chi connectivity index (χ4n) is 1.27. The van der Waals surface area contributed by atoms with E-state index in [0.717, 1.165) is 5.69 Å². The summed E-state index contributed by atoms with van der Waals surface area (Å²) in [5, 5.41) is 10.7. The summed E-state index contributed by atoms with van der Waals surface area (Å²) in [6, 6.07) is 4.59. The van der Waals surface area contributed by atoms with E-state index in [-0.39, 0.29) is 5.02 Å². The van der Waals surface area contributed by atoms with Gasteiger partial charge in [0.05, 0.1) is 23.5 Å². The monoisotopic (exact) mass is 240 g/mol. The number of anilines is 1. The summed E-state index contributed by atoms with van der Waals surface area (Å²) < 4.78 is 14.8. The van der Waals surface area contributed by atoms with Crippen molar-refractivity contribution in [2.75, 3.05) is 5.32 Å². The number of nitrogens with one attached hydrogen (secondary N) is 1. The molecule has 0 bridgehead atoms. The predicted octanol–water partition coefficient (Wildman–Crippen LogP) is 2.22. The van der Waals surface area contributed by atoms with Crippen LogP contribution in [0, 0.1) is 5.82 Å². The highest BCUT2D eigenvalue weighted by Crippen LogP contribution is 2.18. The van der Waals surface area contributed by atoms with Crippen LogP contribution < -0.4 is 5.32 Å². The normalized spacial score (nSPS) is 10.4. The third-order valence-corrected chi connectivity index (χ3v) is 2.51. The number of aromatic nitrogens is 3. The van der Waals surface area contributed by atoms with Gasteiger partial charge in [-0.05, 0) is 18.2 Å². The van der Waals surface area contributed by atoms with Gasteiger partial charge >= 0.3 is 0 Å². The van der Waals surface area contributed by atoms with E-state index < -0.39 is 5.82 Å². The van der Waals surface area contributed by atoms with E-state index in [4.69, 9.17) is 11.6 Å². The lowest BCUT2D eigenvalue weighted by atomic mass is 10.3. The Morgan fingerprint density at radius 1 is 1.50 bits per heavy atom. The maximum Gasteiger partial charge on any atom is 0.143 e. The van der Waals surface area contributed by atoms with Gasteiger partial charge in [0.1, 0.15) is 5.82 Å². The molecule has 1 heterocycles. The molecule has 0 radical (unpaired) electrons. The predicted molar refractivity (Wildman–Crippen MR) is 59.7 cm³/mol. The third kappa shape index (κ3) is 2.30. The van der Waals surface area contributed by atoms with Crippen LogP contribution in [0.4, 0.5) is 10.1 Å². The minimum atomic E-state index is -0.435. The molecule has 0 aliphatic carbocycles. The summed E-state index contributed by atoms with van der Waals surface area (Å²) in [5.74, 6) is -0.435. The molecule has 0 saturated heterocycles. The van der Waals surface area contributed by atoms with E-state index in [1.54, 1.807) is 24.0 Å². The highest BCUT2D eigenvalue weighted by atomic mass is 35.5. The SMILES string of the molecule is Cn1nncc1CNc1ccc(Cl)c(F)c1. The first kappa shape index (κ1) is 10.9. The van der Waals surface area contributed by atoms with Crippen molar-refractivity contribution in [2.45, 2.75) is 6.54 Å². The molecule has 0 fully saturated rings. The quantitative estimate of drug-likeness (QED) is 0.895. The van der Waals surface area contributed by atoms with Gasteiger partial charge < -0.3 is 5.32 Å². The molecule has 0 aliphatic rings. The van der Waals surface area contributed by atoms with Gasteiger partial charge in [0.25, 0.3) is 0 Å². The molecular formula is C10H10ClFN4. The zero-order valence-electron chi connectivity index (χ0n) is 8.61. The van der Waals surface area contributed by atoms with Crippen LogP contribution >= 0.6 is 11.6 Å². The van der Waals surface area contributed by atoms with Gasteiger partial charge in [-0.25, -0.2) is 4.39 Å². The standard InChI is InChI=1S/C10H10ClFN4/c1-16-8(6-14-15-16)5-13-7-2-3-9(11)10(12)4-7/h2-4,6,13H,5H2,1H3. The smallest absolute Gasteiger partial charge is 0.143 e. The molecule has 1 aromatic heterocycles. The van der Waals surface area contributed by atoms with Crippen LogP contribution in [0.3, 0.4) is 0 Å². The highest BCUT2D eigenvalue weighted by Gasteiger charge is 2.02. The molecule has 4 nitrogen and oxygen atoms in total. The molecule has 16 heavy (non-hydrogen) atoms. The Balaban J connectivity index is 2.05. The summed E-state index contributed by atoms with van der Waals surface area (Å²) in [6.45, 7) is 0.532.